The zero-order valence-electron chi connectivity index (χ0n) is 14.1. The Hall–Kier alpha value is -1.69. The molecule has 0 aliphatic rings. The van der Waals surface area contributed by atoms with E-state index in [0.717, 1.165) is 22.3 Å². The van der Waals surface area contributed by atoms with Gasteiger partial charge < -0.3 is 10.1 Å². The molecule has 2 aromatic carbocycles. The molecule has 1 N–H and O–H groups in total. The van der Waals surface area contributed by atoms with Crippen molar-refractivity contribution >= 4 is 27.5 Å². The normalized spacial score (nSPS) is 10.8. The van der Waals surface area contributed by atoms with Gasteiger partial charge in [0.15, 0.2) is 0 Å². The Balaban J connectivity index is 1.98. The number of methoxy groups -OCH3 is 1. The smallest absolute Gasteiger partial charge is 0.238 e. The molecule has 1 amide bonds. The first-order valence-corrected chi connectivity index (χ1v) is 8.69. The zero-order chi connectivity index (χ0) is 17.4. The van der Waals surface area contributed by atoms with Gasteiger partial charge in [-0.15, -0.1) is 0 Å². The van der Waals surface area contributed by atoms with Crippen LogP contribution in [0.5, 0.6) is 0 Å². The number of carbonyl (C=O) groups excluding carboxylic acids is 1. The molecule has 4 nitrogen and oxygen atoms in total. The quantitative estimate of drug-likeness (QED) is 0.744. The zero-order valence-corrected chi connectivity index (χ0v) is 15.7. The van der Waals surface area contributed by atoms with E-state index in [0.29, 0.717) is 19.7 Å². The lowest BCUT2D eigenvalue weighted by Gasteiger charge is -2.22. The van der Waals surface area contributed by atoms with Crippen LogP contribution >= 0.6 is 15.9 Å². The van der Waals surface area contributed by atoms with Crippen LogP contribution in [0.2, 0.25) is 0 Å². The average Bonchev–Trinajstić information content (AvgIpc) is 2.56. The number of carbonyl (C=O) groups is 1. The Bertz CT molecular complexity index is 662. The second kappa shape index (κ2) is 9.57. The van der Waals surface area contributed by atoms with Crippen LogP contribution in [0.3, 0.4) is 0 Å². The van der Waals surface area contributed by atoms with Crippen molar-refractivity contribution in [2.75, 3.05) is 32.1 Å². The van der Waals surface area contributed by atoms with Gasteiger partial charge in [0.25, 0.3) is 0 Å². The SMILES string of the molecule is COCCN(CC(=O)Nc1ccc(Br)cc1C)Cc1ccccc1. The molecule has 0 unspecified atom stereocenters. The minimum Gasteiger partial charge on any atom is -0.383 e. The molecule has 0 saturated carbocycles. The van der Waals surface area contributed by atoms with E-state index in [4.69, 9.17) is 4.74 Å². The summed E-state index contributed by atoms with van der Waals surface area (Å²) in [7, 11) is 1.67. The van der Waals surface area contributed by atoms with Gasteiger partial charge in [-0.1, -0.05) is 46.3 Å². The molecule has 0 aliphatic carbocycles. The summed E-state index contributed by atoms with van der Waals surface area (Å²) < 4.78 is 6.17. The number of anilines is 1. The molecule has 2 rings (SSSR count). The number of amides is 1. The summed E-state index contributed by atoms with van der Waals surface area (Å²) in [5.74, 6) is -0.0209. The van der Waals surface area contributed by atoms with Crippen LogP contribution in [0.1, 0.15) is 11.1 Å². The molecule has 24 heavy (non-hydrogen) atoms. The van der Waals surface area contributed by atoms with Crippen LogP contribution in [0.15, 0.2) is 53.0 Å². The summed E-state index contributed by atoms with van der Waals surface area (Å²) >= 11 is 3.43. The Kier molecular flexibility index (Phi) is 7.43. The van der Waals surface area contributed by atoms with E-state index in [1.807, 2.05) is 43.3 Å². The fraction of sp³-hybridized carbons (Fsp3) is 0.316. The van der Waals surface area contributed by atoms with E-state index in [2.05, 4.69) is 38.3 Å². The fourth-order valence-electron chi connectivity index (χ4n) is 2.44. The van der Waals surface area contributed by atoms with Crippen molar-refractivity contribution in [2.45, 2.75) is 13.5 Å². The average molecular weight is 391 g/mol. The molecular formula is C19H23BrN2O2. The second-order valence-corrected chi connectivity index (χ2v) is 6.61. The number of aryl methyl sites for hydroxylation is 1. The Morgan fingerprint density at radius 3 is 2.62 bits per heavy atom. The van der Waals surface area contributed by atoms with Gasteiger partial charge in [0.1, 0.15) is 0 Å². The molecule has 0 radical (unpaired) electrons. The van der Waals surface area contributed by atoms with E-state index in [1.165, 1.54) is 5.56 Å². The van der Waals surface area contributed by atoms with Gasteiger partial charge in [-0.25, -0.2) is 0 Å². The lowest BCUT2D eigenvalue weighted by molar-refractivity contribution is -0.117. The summed E-state index contributed by atoms with van der Waals surface area (Å²) in [4.78, 5) is 14.5. The van der Waals surface area contributed by atoms with Crippen LogP contribution in [0, 0.1) is 6.92 Å². The van der Waals surface area contributed by atoms with Crippen LogP contribution in [0.4, 0.5) is 5.69 Å². The first kappa shape index (κ1) is 18.6. The first-order chi connectivity index (χ1) is 11.6. The number of nitrogens with one attached hydrogen (secondary N) is 1. The minimum absolute atomic E-state index is 0.0209. The van der Waals surface area contributed by atoms with Gasteiger partial charge in [-0.3, -0.25) is 9.69 Å². The van der Waals surface area contributed by atoms with E-state index in [9.17, 15) is 4.79 Å². The van der Waals surface area contributed by atoms with Gasteiger partial charge in [-0.05, 0) is 36.2 Å². The van der Waals surface area contributed by atoms with E-state index in [-0.39, 0.29) is 5.91 Å². The van der Waals surface area contributed by atoms with Crippen molar-refractivity contribution in [3.63, 3.8) is 0 Å². The second-order valence-electron chi connectivity index (χ2n) is 5.70. The lowest BCUT2D eigenvalue weighted by atomic mass is 10.2. The van der Waals surface area contributed by atoms with Crippen LogP contribution in [-0.4, -0.2) is 37.6 Å². The largest absolute Gasteiger partial charge is 0.383 e. The summed E-state index contributed by atoms with van der Waals surface area (Å²) in [6, 6.07) is 16.0. The molecule has 0 heterocycles. The van der Waals surface area contributed by atoms with Crippen molar-refractivity contribution in [1.29, 1.82) is 0 Å². The maximum atomic E-state index is 12.4. The number of ether oxygens (including phenoxy) is 1. The van der Waals surface area contributed by atoms with Gasteiger partial charge >= 0.3 is 0 Å². The van der Waals surface area contributed by atoms with Gasteiger partial charge in [0.05, 0.1) is 13.2 Å². The van der Waals surface area contributed by atoms with Crippen molar-refractivity contribution in [3.8, 4) is 0 Å². The fourth-order valence-corrected chi connectivity index (χ4v) is 2.91. The molecule has 128 valence electrons. The predicted octanol–water partition coefficient (Wildman–Crippen LogP) is 3.84. The van der Waals surface area contributed by atoms with E-state index < -0.39 is 0 Å². The molecule has 0 saturated heterocycles. The van der Waals surface area contributed by atoms with Crippen molar-refractivity contribution in [1.82, 2.24) is 4.90 Å². The topological polar surface area (TPSA) is 41.6 Å². The number of hydrogen-bond donors (Lipinski definition) is 1. The van der Waals surface area contributed by atoms with Crippen molar-refractivity contribution < 1.29 is 9.53 Å². The standard InChI is InChI=1S/C19H23BrN2O2/c1-15-12-17(20)8-9-18(15)21-19(23)14-22(10-11-24-2)13-16-6-4-3-5-7-16/h3-9,12H,10-11,13-14H2,1-2H3,(H,21,23). The van der Waals surface area contributed by atoms with Crippen molar-refractivity contribution in [3.05, 3.63) is 64.1 Å². The van der Waals surface area contributed by atoms with Crippen molar-refractivity contribution in [2.24, 2.45) is 0 Å². The van der Waals surface area contributed by atoms with Crippen LogP contribution < -0.4 is 5.32 Å². The maximum Gasteiger partial charge on any atom is 0.238 e. The highest BCUT2D eigenvalue weighted by atomic mass is 79.9. The van der Waals surface area contributed by atoms with Gasteiger partial charge in [0, 0.05) is 30.4 Å². The first-order valence-electron chi connectivity index (χ1n) is 7.89. The Morgan fingerprint density at radius 2 is 1.96 bits per heavy atom. The molecule has 2 aromatic rings. The maximum absolute atomic E-state index is 12.4. The molecule has 0 bridgehead atoms. The van der Waals surface area contributed by atoms with Crippen LogP contribution in [0.25, 0.3) is 0 Å². The molecule has 0 aromatic heterocycles. The molecular weight excluding hydrogens is 368 g/mol. The molecule has 5 heteroatoms. The third-order valence-corrected chi connectivity index (χ3v) is 4.18. The summed E-state index contributed by atoms with van der Waals surface area (Å²) in [6.07, 6.45) is 0. The summed E-state index contributed by atoms with van der Waals surface area (Å²) in [5, 5.41) is 2.99. The predicted molar refractivity (Wildman–Crippen MR) is 101 cm³/mol. The van der Waals surface area contributed by atoms with Gasteiger partial charge in [0.2, 0.25) is 5.91 Å². The molecule has 0 spiro atoms. The molecule has 0 atom stereocenters. The number of rotatable bonds is 8. The summed E-state index contributed by atoms with van der Waals surface area (Å²) in [6.45, 7) is 4.33. The lowest BCUT2D eigenvalue weighted by Crippen LogP contribution is -2.35. The number of halogens is 1. The van der Waals surface area contributed by atoms with E-state index >= 15 is 0 Å². The van der Waals surface area contributed by atoms with Gasteiger partial charge in [-0.2, -0.15) is 0 Å². The van der Waals surface area contributed by atoms with Crippen LogP contribution in [-0.2, 0) is 16.1 Å². The molecule has 0 fully saturated rings. The highest BCUT2D eigenvalue weighted by molar-refractivity contribution is 9.10. The Morgan fingerprint density at radius 1 is 1.21 bits per heavy atom. The Labute approximate surface area is 151 Å². The highest BCUT2D eigenvalue weighted by Crippen LogP contribution is 2.20. The third-order valence-electron chi connectivity index (χ3n) is 3.69. The monoisotopic (exact) mass is 390 g/mol. The third kappa shape index (κ3) is 6.07. The summed E-state index contributed by atoms with van der Waals surface area (Å²) in [5.41, 5.74) is 3.06. The number of nitrogens with zero attached hydrogens (tertiary/aromatic N) is 1. The number of benzene rings is 2. The van der Waals surface area contributed by atoms with E-state index in [1.54, 1.807) is 7.11 Å². The molecule has 0 aliphatic heterocycles. The highest BCUT2D eigenvalue weighted by Gasteiger charge is 2.12. The minimum atomic E-state index is -0.0209. The number of hydrogen-bond acceptors (Lipinski definition) is 3.